The predicted octanol–water partition coefficient (Wildman–Crippen LogP) is 4.34. The minimum absolute atomic E-state index is 0.165. The van der Waals surface area contributed by atoms with Crippen LogP contribution in [0.3, 0.4) is 0 Å². The van der Waals surface area contributed by atoms with E-state index in [1.165, 1.54) is 0 Å². The minimum atomic E-state index is -1.79. The molecule has 0 saturated carbocycles. The van der Waals surface area contributed by atoms with E-state index in [-0.39, 0.29) is 17.4 Å². The highest BCUT2D eigenvalue weighted by molar-refractivity contribution is 7.80. The van der Waals surface area contributed by atoms with E-state index >= 15 is 0 Å². The topological polar surface area (TPSA) is 53.2 Å². The fourth-order valence-corrected chi connectivity index (χ4v) is 2.69. The number of thiocarbonyl (C=S) groups is 1. The molecular formula is C18H18Cl3N3OS. The molecular weight excluding hydrogens is 413 g/mol. The summed E-state index contributed by atoms with van der Waals surface area (Å²) in [4.78, 5) is 12.3. The number of hydrogen-bond donors (Lipinski definition) is 3. The first-order valence-electron chi connectivity index (χ1n) is 7.78. The van der Waals surface area contributed by atoms with Crippen LogP contribution in [0.2, 0.25) is 0 Å². The third-order valence-corrected chi connectivity index (χ3v) is 4.30. The normalized spacial score (nSPS) is 12.2. The molecule has 0 spiro atoms. The monoisotopic (exact) mass is 429 g/mol. The molecule has 0 aliphatic heterocycles. The van der Waals surface area contributed by atoms with Gasteiger partial charge in [-0.05, 0) is 36.8 Å². The van der Waals surface area contributed by atoms with Gasteiger partial charge in [-0.1, -0.05) is 82.8 Å². The number of hydrogen-bond acceptors (Lipinski definition) is 2. The minimum Gasteiger partial charge on any atom is -0.339 e. The molecule has 0 bridgehead atoms. The number of carbonyl (C=O) groups excluding carboxylic acids is 1. The van der Waals surface area contributed by atoms with Crippen LogP contribution in [0.5, 0.6) is 0 Å². The lowest BCUT2D eigenvalue weighted by atomic mass is 10.1. The van der Waals surface area contributed by atoms with Gasteiger partial charge in [-0.15, -0.1) is 0 Å². The summed E-state index contributed by atoms with van der Waals surface area (Å²) in [5, 5.41) is 8.70. The summed E-state index contributed by atoms with van der Waals surface area (Å²) >= 11 is 23.2. The molecule has 1 amide bonds. The Morgan fingerprint density at radius 1 is 1.04 bits per heavy atom. The summed E-state index contributed by atoms with van der Waals surface area (Å²) < 4.78 is -1.79. The van der Waals surface area contributed by atoms with E-state index in [9.17, 15) is 4.79 Å². The van der Waals surface area contributed by atoms with Crippen LogP contribution in [0.15, 0.2) is 54.6 Å². The maximum absolute atomic E-state index is 12.3. The maximum Gasteiger partial charge on any atom is 0.228 e. The fraction of sp³-hybridized carbons (Fsp3) is 0.222. The molecule has 0 radical (unpaired) electrons. The Balaban J connectivity index is 1.97. The standard InChI is InChI=1S/C18H18Cl3N3OS/c1-12-7-9-14(10-8-12)22-17(26)24-16(18(19,20)21)23-15(25)11-13-5-3-2-4-6-13/h2-10,16H,11H2,1H3,(H,23,25)(H2,22,24,26)/t16-/m0/s1. The summed E-state index contributed by atoms with van der Waals surface area (Å²) in [5.41, 5.74) is 2.77. The van der Waals surface area contributed by atoms with Crippen LogP contribution in [-0.2, 0) is 11.2 Å². The smallest absolute Gasteiger partial charge is 0.228 e. The first-order chi connectivity index (χ1) is 12.2. The third-order valence-electron chi connectivity index (χ3n) is 3.43. The quantitative estimate of drug-likeness (QED) is 0.375. The third kappa shape index (κ3) is 7.00. The largest absolute Gasteiger partial charge is 0.339 e. The number of halogens is 3. The Morgan fingerprint density at radius 3 is 2.23 bits per heavy atom. The zero-order valence-electron chi connectivity index (χ0n) is 13.9. The zero-order valence-corrected chi connectivity index (χ0v) is 17.0. The van der Waals surface area contributed by atoms with Crippen molar-refractivity contribution >= 4 is 63.7 Å². The van der Waals surface area contributed by atoms with E-state index in [1.54, 1.807) is 0 Å². The van der Waals surface area contributed by atoms with Crippen molar-refractivity contribution in [3.63, 3.8) is 0 Å². The number of alkyl halides is 3. The fourth-order valence-electron chi connectivity index (χ4n) is 2.13. The summed E-state index contributed by atoms with van der Waals surface area (Å²) in [7, 11) is 0. The van der Waals surface area contributed by atoms with Crippen LogP contribution in [0.25, 0.3) is 0 Å². The van der Waals surface area contributed by atoms with Crippen LogP contribution in [0, 0.1) is 6.92 Å². The molecule has 4 nitrogen and oxygen atoms in total. The van der Waals surface area contributed by atoms with Gasteiger partial charge in [0, 0.05) is 5.69 Å². The first-order valence-corrected chi connectivity index (χ1v) is 9.32. The molecule has 0 fully saturated rings. The number of anilines is 1. The van der Waals surface area contributed by atoms with Crippen LogP contribution < -0.4 is 16.0 Å². The van der Waals surface area contributed by atoms with Crippen molar-refractivity contribution in [2.75, 3.05) is 5.32 Å². The number of aryl methyl sites for hydroxylation is 1. The van der Waals surface area contributed by atoms with Crippen LogP contribution in [-0.4, -0.2) is 21.0 Å². The SMILES string of the molecule is Cc1ccc(NC(=S)N[C@H](NC(=O)Cc2ccccc2)C(Cl)(Cl)Cl)cc1. The van der Waals surface area contributed by atoms with E-state index in [0.29, 0.717) is 0 Å². The Labute approximate surface area is 173 Å². The van der Waals surface area contributed by atoms with E-state index in [2.05, 4.69) is 16.0 Å². The molecule has 138 valence electrons. The van der Waals surface area contributed by atoms with Gasteiger partial charge in [-0.3, -0.25) is 4.79 Å². The molecule has 1 atom stereocenters. The second kappa shape index (κ2) is 9.42. The van der Waals surface area contributed by atoms with E-state index in [4.69, 9.17) is 47.0 Å². The van der Waals surface area contributed by atoms with Crippen LogP contribution >= 0.6 is 47.0 Å². The van der Waals surface area contributed by atoms with Gasteiger partial charge in [0.05, 0.1) is 6.42 Å². The van der Waals surface area contributed by atoms with E-state index in [1.807, 2.05) is 61.5 Å². The second-order valence-corrected chi connectivity index (χ2v) is 8.45. The summed E-state index contributed by atoms with van der Waals surface area (Å²) in [6.45, 7) is 1.99. The molecule has 0 saturated heterocycles. The number of amides is 1. The summed E-state index contributed by atoms with van der Waals surface area (Å²) in [6.07, 6.45) is -0.827. The van der Waals surface area contributed by atoms with Gasteiger partial charge < -0.3 is 16.0 Å². The molecule has 26 heavy (non-hydrogen) atoms. The van der Waals surface area contributed by atoms with Crippen molar-refractivity contribution in [1.82, 2.24) is 10.6 Å². The number of nitrogens with one attached hydrogen (secondary N) is 3. The molecule has 2 aromatic rings. The summed E-state index contributed by atoms with van der Waals surface area (Å²) in [5.74, 6) is -0.293. The lowest BCUT2D eigenvalue weighted by Crippen LogP contribution is -2.56. The first kappa shape index (κ1) is 20.8. The highest BCUT2D eigenvalue weighted by atomic mass is 35.6. The Hall–Kier alpha value is -1.53. The van der Waals surface area contributed by atoms with Crippen molar-refractivity contribution in [3.05, 3.63) is 65.7 Å². The highest BCUT2D eigenvalue weighted by Crippen LogP contribution is 2.29. The van der Waals surface area contributed by atoms with Gasteiger partial charge >= 0.3 is 0 Å². The number of benzene rings is 2. The van der Waals surface area contributed by atoms with Crippen molar-refractivity contribution in [1.29, 1.82) is 0 Å². The van der Waals surface area contributed by atoms with E-state index < -0.39 is 9.96 Å². The molecule has 2 aromatic carbocycles. The van der Waals surface area contributed by atoms with Gasteiger partial charge in [0.1, 0.15) is 6.17 Å². The Bertz CT molecular complexity index is 749. The Morgan fingerprint density at radius 2 is 1.65 bits per heavy atom. The van der Waals surface area contributed by atoms with Crippen molar-refractivity contribution in [3.8, 4) is 0 Å². The summed E-state index contributed by atoms with van der Waals surface area (Å²) in [6, 6.07) is 16.9. The second-order valence-electron chi connectivity index (χ2n) is 5.67. The molecule has 0 aliphatic rings. The van der Waals surface area contributed by atoms with Crippen molar-refractivity contribution in [2.24, 2.45) is 0 Å². The molecule has 0 heterocycles. The van der Waals surface area contributed by atoms with E-state index in [0.717, 1.165) is 16.8 Å². The lowest BCUT2D eigenvalue weighted by molar-refractivity contribution is -0.121. The highest BCUT2D eigenvalue weighted by Gasteiger charge is 2.34. The maximum atomic E-state index is 12.3. The number of carbonyl (C=O) groups is 1. The van der Waals surface area contributed by atoms with Gasteiger partial charge in [-0.25, -0.2) is 0 Å². The van der Waals surface area contributed by atoms with Crippen molar-refractivity contribution < 1.29 is 4.79 Å². The molecule has 0 unspecified atom stereocenters. The number of rotatable bonds is 5. The van der Waals surface area contributed by atoms with Gasteiger partial charge in [0.25, 0.3) is 0 Å². The molecule has 8 heteroatoms. The zero-order chi connectivity index (χ0) is 19.2. The van der Waals surface area contributed by atoms with Crippen LogP contribution in [0.1, 0.15) is 11.1 Å². The Kier molecular flexibility index (Phi) is 7.53. The molecule has 0 aromatic heterocycles. The van der Waals surface area contributed by atoms with Crippen molar-refractivity contribution in [2.45, 2.75) is 23.3 Å². The average molecular weight is 431 g/mol. The predicted molar refractivity (Wildman–Crippen MR) is 113 cm³/mol. The van der Waals surface area contributed by atoms with Gasteiger partial charge in [-0.2, -0.15) is 0 Å². The van der Waals surface area contributed by atoms with Gasteiger partial charge in [0.2, 0.25) is 9.70 Å². The van der Waals surface area contributed by atoms with Gasteiger partial charge in [0.15, 0.2) is 5.11 Å². The molecule has 0 aliphatic carbocycles. The average Bonchev–Trinajstić information content (AvgIpc) is 2.56. The molecule has 2 rings (SSSR count). The van der Waals surface area contributed by atoms with Crippen LogP contribution in [0.4, 0.5) is 5.69 Å². The molecule has 3 N–H and O–H groups in total. The lowest BCUT2D eigenvalue weighted by Gasteiger charge is -2.27.